The number of hydrogen-bond acceptors (Lipinski definition) is 5. The molecule has 0 saturated carbocycles. The average Bonchev–Trinajstić information content (AvgIpc) is 2.72. The first kappa shape index (κ1) is 25.0. The summed E-state index contributed by atoms with van der Waals surface area (Å²) in [5.74, 6) is 2.81. The Balaban J connectivity index is 0.00000420. The lowest BCUT2D eigenvalue weighted by atomic mass is 10.2. The Bertz CT molecular complexity index is 726. The van der Waals surface area contributed by atoms with Crippen LogP contribution < -0.4 is 20.1 Å². The molecule has 0 unspecified atom stereocenters. The molecule has 0 aliphatic carbocycles. The highest BCUT2D eigenvalue weighted by molar-refractivity contribution is 14.0. The zero-order valence-corrected chi connectivity index (χ0v) is 19.6. The fourth-order valence-electron chi connectivity index (χ4n) is 2.35. The largest absolute Gasteiger partial charge is 0.494 e. The van der Waals surface area contributed by atoms with Crippen LogP contribution in [0.3, 0.4) is 0 Å². The summed E-state index contributed by atoms with van der Waals surface area (Å²) in [5.41, 5.74) is 0.901. The highest BCUT2D eigenvalue weighted by Crippen LogP contribution is 2.25. The Morgan fingerprint density at radius 1 is 1.03 bits per heavy atom. The van der Waals surface area contributed by atoms with E-state index >= 15 is 0 Å². The normalized spacial score (nSPS) is 10.8. The summed E-state index contributed by atoms with van der Waals surface area (Å²) in [6.45, 7) is 7.34. The molecule has 0 spiro atoms. The predicted octanol–water partition coefficient (Wildman–Crippen LogP) is 3.98. The Labute approximate surface area is 190 Å². The molecule has 0 amide bonds. The van der Waals surface area contributed by atoms with Crippen LogP contribution in [0.4, 0.5) is 0 Å². The Morgan fingerprint density at radius 3 is 2.48 bits per heavy atom. The van der Waals surface area contributed by atoms with Crippen LogP contribution in [0.15, 0.2) is 47.6 Å². The van der Waals surface area contributed by atoms with Crippen LogP contribution in [0.5, 0.6) is 17.4 Å². The highest BCUT2D eigenvalue weighted by atomic mass is 127. The number of rotatable bonds is 11. The molecule has 2 aromatic rings. The molecular formula is C21H31IN4O3. The van der Waals surface area contributed by atoms with Gasteiger partial charge in [-0.1, -0.05) is 13.0 Å². The van der Waals surface area contributed by atoms with Gasteiger partial charge >= 0.3 is 0 Å². The number of hydrogen-bond donors (Lipinski definition) is 2. The number of benzene rings is 1. The minimum absolute atomic E-state index is 0. The van der Waals surface area contributed by atoms with Crippen molar-refractivity contribution in [3.05, 3.63) is 48.2 Å². The van der Waals surface area contributed by atoms with Gasteiger partial charge in [0.25, 0.3) is 0 Å². The van der Waals surface area contributed by atoms with Crippen molar-refractivity contribution in [1.82, 2.24) is 15.6 Å². The molecule has 29 heavy (non-hydrogen) atoms. The Kier molecular flexibility index (Phi) is 12.8. The second-order valence-corrected chi connectivity index (χ2v) is 6.00. The van der Waals surface area contributed by atoms with Crippen molar-refractivity contribution >= 4 is 29.9 Å². The van der Waals surface area contributed by atoms with E-state index in [0.29, 0.717) is 37.9 Å². The van der Waals surface area contributed by atoms with Crippen molar-refractivity contribution in [3.8, 4) is 17.4 Å². The standard InChI is InChI=1S/C21H30N4O3.HI/c1-4-14-27-18-8-10-19(11-9-18)28-20-17(7-6-12-23-20)16-25-21(22-5-2)24-13-15-26-3;/h6-12H,4-5,13-16H2,1-3H3,(H2,22,24,25);1H. The molecule has 0 bridgehead atoms. The molecule has 0 radical (unpaired) electrons. The lowest BCUT2D eigenvalue weighted by Crippen LogP contribution is -2.38. The maximum Gasteiger partial charge on any atom is 0.224 e. The number of nitrogens with one attached hydrogen (secondary N) is 2. The van der Waals surface area contributed by atoms with Crippen molar-refractivity contribution in [2.75, 3.05) is 33.4 Å². The maximum absolute atomic E-state index is 5.96. The third-order valence-corrected chi connectivity index (χ3v) is 3.71. The van der Waals surface area contributed by atoms with Gasteiger partial charge in [0.2, 0.25) is 5.88 Å². The number of halogens is 1. The molecule has 1 aromatic carbocycles. The fourth-order valence-corrected chi connectivity index (χ4v) is 2.35. The second-order valence-electron chi connectivity index (χ2n) is 6.00. The molecule has 0 fully saturated rings. The van der Waals surface area contributed by atoms with Crippen LogP contribution in [0, 0.1) is 0 Å². The first-order chi connectivity index (χ1) is 13.8. The topological polar surface area (TPSA) is 77.0 Å². The fraction of sp³-hybridized carbons (Fsp3) is 0.429. The van der Waals surface area contributed by atoms with Crippen LogP contribution in [-0.4, -0.2) is 44.4 Å². The SMILES string of the molecule is CCCOc1ccc(Oc2ncccc2CN=C(NCC)NCCOC)cc1.I. The predicted molar refractivity (Wildman–Crippen MR) is 127 cm³/mol. The van der Waals surface area contributed by atoms with Gasteiger partial charge in [-0.25, -0.2) is 9.98 Å². The molecule has 1 heterocycles. The van der Waals surface area contributed by atoms with Gasteiger partial charge in [-0.3, -0.25) is 0 Å². The molecule has 1 aromatic heterocycles. The quantitative estimate of drug-likeness (QED) is 0.205. The van der Waals surface area contributed by atoms with Gasteiger partial charge in [0, 0.05) is 32.0 Å². The van der Waals surface area contributed by atoms with Crippen molar-refractivity contribution in [2.45, 2.75) is 26.8 Å². The smallest absolute Gasteiger partial charge is 0.224 e. The zero-order valence-electron chi connectivity index (χ0n) is 17.3. The number of methoxy groups -OCH3 is 1. The number of pyridine rings is 1. The van der Waals surface area contributed by atoms with Gasteiger partial charge in [0.15, 0.2) is 5.96 Å². The van der Waals surface area contributed by atoms with Crippen LogP contribution in [0.2, 0.25) is 0 Å². The molecule has 0 saturated heterocycles. The van der Waals surface area contributed by atoms with E-state index in [0.717, 1.165) is 30.2 Å². The Morgan fingerprint density at radius 2 is 1.79 bits per heavy atom. The molecular weight excluding hydrogens is 483 g/mol. The summed E-state index contributed by atoms with van der Waals surface area (Å²) >= 11 is 0. The summed E-state index contributed by atoms with van der Waals surface area (Å²) in [4.78, 5) is 8.97. The molecule has 8 heteroatoms. The van der Waals surface area contributed by atoms with Crippen molar-refractivity contribution in [1.29, 1.82) is 0 Å². The summed E-state index contributed by atoms with van der Waals surface area (Å²) < 4.78 is 16.6. The van der Waals surface area contributed by atoms with Gasteiger partial charge in [0.05, 0.1) is 19.8 Å². The van der Waals surface area contributed by atoms with Gasteiger partial charge in [0.1, 0.15) is 11.5 Å². The third kappa shape index (κ3) is 9.31. The lowest BCUT2D eigenvalue weighted by Gasteiger charge is -2.12. The van der Waals surface area contributed by atoms with Crippen molar-refractivity contribution < 1.29 is 14.2 Å². The van der Waals surface area contributed by atoms with Crippen LogP contribution in [0.1, 0.15) is 25.8 Å². The van der Waals surface area contributed by atoms with Gasteiger partial charge in [-0.05, 0) is 43.7 Å². The van der Waals surface area contributed by atoms with E-state index < -0.39 is 0 Å². The summed E-state index contributed by atoms with van der Waals surface area (Å²) in [6, 6.07) is 11.4. The summed E-state index contributed by atoms with van der Waals surface area (Å²) in [5, 5.41) is 6.43. The molecule has 160 valence electrons. The Hall–Kier alpha value is -2.07. The minimum atomic E-state index is 0. The van der Waals surface area contributed by atoms with E-state index in [1.165, 1.54) is 0 Å². The first-order valence-electron chi connectivity index (χ1n) is 9.62. The average molecular weight is 514 g/mol. The number of aliphatic imine (C=N–C) groups is 1. The first-order valence-corrected chi connectivity index (χ1v) is 9.62. The molecule has 7 nitrogen and oxygen atoms in total. The van der Waals surface area contributed by atoms with Crippen LogP contribution in [-0.2, 0) is 11.3 Å². The van der Waals surface area contributed by atoms with E-state index in [1.54, 1.807) is 13.3 Å². The lowest BCUT2D eigenvalue weighted by molar-refractivity contribution is 0.203. The number of aromatic nitrogens is 1. The second kappa shape index (κ2) is 14.9. The zero-order chi connectivity index (χ0) is 20.0. The van der Waals surface area contributed by atoms with Gasteiger partial charge in [-0.15, -0.1) is 24.0 Å². The summed E-state index contributed by atoms with van der Waals surface area (Å²) in [6.07, 6.45) is 2.69. The van der Waals surface area contributed by atoms with Gasteiger partial charge in [-0.2, -0.15) is 0 Å². The monoisotopic (exact) mass is 514 g/mol. The van der Waals surface area contributed by atoms with Gasteiger partial charge < -0.3 is 24.8 Å². The molecule has 2 N–H and O–H groups in total. The molecule has 2 rings (SSSR count). The van der Waals surface area contributed by atoms with Crippen molar-refractivity contribution in [2.24, 2.45) is 4.99 Å². The number of nitrogens with zero attached hydrogens (tertiary/aromatic N) is 2. The van der Waals surface area contributed by atoms with Crippen LogP contribution >= 0.6 is 24.0 Å². The third-order valence-electron chi connectivity index (χ3n) is 3.71. The van der Waals surface area contributed by atoms with E-state index in [2.05, 4.69) is 27.5 Å². The van der Waals surface area contributed by atoms with E-state index in [-0.39, 0.29) is 24.0 Å². The highest BCUT2D eigenvalue weighted by Gasteiger charge is 2.07. The van der Waals surface area contributed by atoms with Crippen molar-refractivity contribution in [3.63, 3.8) is 0 Å². The summed E-state index contributed by atoms with van der Waals surface area (Å²) in [7, 11) is 1.67. The number of ether oxygens (including phenoxy) is 3. The van der Waals surface area contributed by atoms with E-state index in [1.807, 2.05) is 43.3 Å². The molecule has 0 aliphatic heterocycles. The minimum Gasteiger partial charge on any atom is -0.494 e. The molecule has 0 aliphatic rings. The van der Waals surface area contributed by atoms with Crippen LogP contribution in [0.25, 0.3) is 0 Å². The van der Waals surface area contributed by atoms with E-state index in [4.69, 9.17) is 14.2 Å². The van der Waals surface area contributed by atoms with E-state index in [9.17, 15) is 0 Å². The molecule has 0 atom stereocenters. The maximum atomic E-state index is 5.96. The number of guanidine groups is 1.